The molecular weight excluding hydrogens is 348 g/mol. The number of carbonyl (C=O) groups is 2. The number of ether oxygens (including phenoxy) is 2. The van der Waals surface area contributed by atoms with Gasteiger partial charge in [0.25, 0.3) is 6.47 Å². The number of H-pyrrole nitrogens is 1. The number of hydrogen-bond donors (Lipinski definition) is 1. The maximum Gasteiger partial charge on any atom is 0.410 e. The molecule has 0 radical (unpaired) electrons. The highest BCUT2D eigenvalue weighted by atomic mass is 16.6. The summed E-state index contributed by atoms with van der Waals surface area (Å²) >= 11 is 0. The van der Waals surface area contributed by atoms with Gasteiger partial charge in [-0.1, -0.05) is 0 Å². The number of fused-ring (bicyclic) bond motifs is 1. The Hall–Kier alpha value is -2.77. The van der Waals surface area contributed by atoms with Crippen LogP contribution in [-0.4, -0.2) is 66.0 Å². The molecule has 2 heterocycles. The van der Waals surface area contributed by atoms with Crippen molar-refractivity contribution >= 4 is 29.2 Å². The van der Waals surface area contributed by atoms with E-state index < -0.39 is 5.60 Å². The number of carbonyl (C=O) groups excluding carboxylic acids is 2. The summed E-state index contributed by atoms with van der Waals surface area (Å²) in [5.41, 5.74) is 2.44. The lowest BCUT2D eigenvalue weighted by molar-refractivity contribution is -0.128. The van der Waals surface area contributed by atoms with E-state index in [4.69, 9.17) is 9.47 Å². The summed E-state index contributed by atoms with van der Waals surface area (Å²) in [6.07, 6.45) is 0.320. The Kier molecular flexibility index (Phi) is 5.53. The van der Waals surface area contributed by atoms with Gasteiger partial charge in [0.1, 0.15) is 5.60 Å². The van der Waals surface area contributed by atoms with Gasteiger partial charge in [-0.2, -0.15) is 5.10 Å². The molecule has 27 heavy (non-hydrogen) atoms. The van der Waals surface area contributed by atoms with Crippen LogP contribution < -0.4 is 4.90 Å². The molecule has 2 aromatic rings. The van der Waals surface area contributed by atoms with Gasteiger partial charge in [-0.3, -0.25) is 9.89 Å². The minimum atomic E-state index is -0.478. The molecule has 146 valence electrons. The first-order valence-electron chi connectivity index (χ1n) is 9.12. The van der Waals surface area contributed by atoms with Crippen LogP contribution in [0.2, 0.25) is 0 Å². The minimum Gasteiger partial charge on any atom is -0.467 e. The number of anilines is 1. The normalized spacial score (nSPS) is 15.1. The van der Waals surface area contributed by atoms with Crippen molar-refractivity contribution in [1.29, 1.82) is 0 Å². The van der Waals surface area contributed by atoms with E-state index in [1.165, 1.54) is 0 Å². The maximum absolute atomic E-state index is 12.2. The summed E-state index contributed by atoms with van der Waals surface area (Å²) in [4.78, 5) is 26.4. The van der Waals surface area contributed by atoms with Crippen molar-refractivity contribution in [2.75, 3.05) is 37.7 Å². The number of nitrogens with one attached hydrogen (secondary N) is 1. The van der Waals surface area contributed by atoms with E-state index in [1.807, 2.05) is 26.8 Å². The van der Waals surface area contributed by atoms with Crippen LogP contribution in [0.25, 0.3) is 10.9 Å². The summed E-state index contributed by atoms with van der Waals surface area (Å²) in [7, 11) is 0. The molecule has 1 aromatic carbocycles. The van der Waals surface area contributed by atoms with E-state index in [-0.39, 0.29) is 6.09 Å². The van der Waals surface area contributed by atoms with E-state index >= 15 is 0 Å². The van der Waals surface area contributed by atoms with Crippen molar-refractivity contribution in [3.05, 3.63) is 23.9 Å². The van der Waals surface area contributed by atoms with Crippen molar-refractivity contribution in [2.24, 2.45) is 0 Å². The van der Waals surface area contributed by atoms with Gasteiger partial charge in [0.15, 0.2) is 0 Å². The number of piperazine rings is 1. The third-order valence-electron chi connectivity index (χ3n) is 4.45. The van der Waals surface area contributed by atoms with E-state index in [0.717, 1.165) is 35.4 Å². The lowest BCUT2D eigenvalue weighted by Crippen LogP contribution is -2.50. The summed E-state index contributed by atoms with van der Waals surface area (Å²) in [5, 5.41) is 8.38. The summed E-state index contributed by atoms with van der Waals surface area (Å²) in [5.74, 6) is 0. The lowest BCUT2D eigenvalue weighted by Gasteiger charge is -2.36. The number of amides is 1. The third kappa shape index (κ3) is 4.69. The topological polar surface area (TPSA) is 87.8 Å². The molecule has 1 aliphatic rings. The molecule has 0 saturated carbocycles. The van der Waals surface area contributed by atoms with Crippen LogP contribution in [0, 0.1) is 0 Å². The quantitative estimate of drug-likeness (QED) is 0.638. The zero-order chi connectivity index (χ0) is 19.4. The zero-order valence-corrected chi connectivity index (χ0v) is 16.0. The Morgan fingerprint density at radius 1 is 1.26 bits per heavy atom. The molecule has 1 N–H and O–H groups in total. The molecule has 0 atom stereocenters. The fourth-order valence-electron chi connectivity index (χ4n) is 3.13. The van der Waals surface area contributed by atoms with Gasteiger partial charge in [-0.15, -0.1) is 0 Å². The van der Waals surface area contributed by atoms with Crippen LogP contribution in [-0.2, 0) is 20.7 Å². The number of hydrogen-bond acceptors (Lipinski definition) is 6. The second-order valence-electron chi connectivity index (χ2n) is 7.57. The fourth-order valence-corrected chi connectivity index (χ4v) is 3.13. The summed E-state index contributed by atoms with van der Waals surface area (Å²) < 4.78 is 10.2. The minimum absolute atomic E-state index is 0.256. The van der Waals surface area contributed by atoms with Gasteiger partial charge in [-0.25, -0.2) is 4.79 Å². The van der Waals surface area contributed by atoms with E-state index in [0.29, 0.717) is 32.6 Å². The van der Waals surface area contributed by atoms with Crippen LogP contribution in [0.3, 0.4) is 0 Å². The van der Waals surface area contributed by atoms with Gasteiger partial charge in [-0.05, 0) is 39.0 Å². The van der Waals surface area contributed by atoms with Crippen molar-refractivity contribution < 1.29 is 19.1 Å². The molecule has 0 aliphatic carbocycles. The van der Waals surface area contributed by atoms with Crippen LogP contribution in [0.4, 0.5) is 10.5 Å². The number of benzene rings is 1. The number of aromatic amines is 1. The third-order valence-corrected chi connectivity index (χ3v) is 4.45. The highest BCUT2D eigenvalue weighted by Gasteiger charge is 2.26. The largest absolute Gasteiger partial charge is 0.467 e. The molecule has 1 aliphatic heterocycles. The van der Waals surface area contributed by atoms with Crippen molar-refractivity contribution in [3.63, 3.8) is 0 Å². The SMILES string of the molecule is CC(C)(C)OC(=O)N1CCN(c2ccc3c(CCOC=O)n[nH]c3c2)CC1. The highest BCUT2D eigenvalue weighted by Crippen LogP contribution is 2.24. The Bertz CT molecular complexity index is 804. The Labute approximate surface area is 158 Å². The standard InChI is InChI=1S/C19H26N4O4/c1-19(2,3)27-18(25)23-9-7-22(8-10-23)14-4-5-15-16(6-11-26-13-24)20-21-17(15)12-14/h4-5,12-13H,6-11H2,1-3H3,(H,20,21). The molecule has 8 nitrogen and oxygen atoms in total. The van der Waals surface area contributed by atoms with E-state index in [1.54, 1.807) is 4.90 Å². The van der Waals surface area contributed by atoms with Crippen molar-refractivity contribution in [1.82, 2.24) is 15.1 Å². The van der Waals surface area contributed by atoms with Crippen molar-refractivity contribution in [3.8, 4) is 0 Å². The van der Waals surface area contributed by atoms with Crippen LogP contribution >= 0.6 is 0 Å². The second kappa shape index (κ2) is 7.85. The molecule has 0 bridgehead atoms. The number of nitrogens with zero attached hydrogens (tertiary/aromatic N) is 3. The number of aromatic nitrogens is 2. The number of rotatable bonds is 5. The van der Waals surface area contributed by atoms with Gasteiger partial charge < -0.3 is 19.3 Å². The van der Waals surface area contributed by atoms with Gasteiger partial charge in [0, 0.05) is 43.7 Å². The van der Waals surface area contributed by atoms with Gasteiger partial charge in [0.2, 0.25) is 0 Å². The van der Waals surface area contributed by atoms with Crippen LogP contribution in [0.1, 0.15) is 26.5 Å². The fraction of sp³-hybridized carbons (Fsp3) is 0.526. The molecular formula is C19H26N4O4. The molecule has 0 spiro atoms. The smallest absolute Gasteiger partial charge is 0.410 e. The highest BCUT2D eigenvalue weighted by molar-refractivity contribution is 5.85. The average molecular weight is 374 g/mol. The maximum atomic E-state index is 12.2. The van der Waals surface area contributed by atoms with Crippen LogP contribution in [0.15, 0.2) is 18.2 Å². The Morgan fingerprint density at radius 3 is 2.67 bits per heavy atom. The lowest BCUT2D eigenvalue weighted by atomic mass is 10.1. The average Bonchev–Trinajstić information content (AvgIpc) is 3.03. The van der Waals surface area contributed by atoms with E-state index in [2.05, 4.69) is 27.2 Å². The molecule has 8 heteroatoms. The monoisotopic (exact) mass is 374 g/mol. The molecule has 3 rings (SSSR count). The Balaban J connectivity index is 1.62. The second-order valence-corrected chi connectivity index (χ2v) is 7.57. The Morgan fingerprint density at radius 2 is 2.00 bits per heavy atom. The molecule has 1 saturated heterocycles. The molecule has 0 unspecified atom stereocenters. The van der Waals surface area contributed by atoms with Crippen LogP contribution in [0.5, 0.6) is 0 Å². The summed E-state index contributed by atoms with van der Waals surface area (Å²) in [6, 6.07) is 6.16. The van der Waals surface area contributed by atoms with Gasteiger partial charge in [0.05, 0.1) is 17.8 Å². The first-order chi connectivity index (χ1) is 12.9. The predicted molar refractivity (Wildman–Crippen MR) is 102 cm³/mol. The molecule has 1 amide bonds. The van der Waals surface area contributed by atoms with E-state index in [9.17, 15) is 9.59 Å². The van der Waals surface area contributed by atoms with Gasteiger partial charge >= 0.3 is 6.09 Å². The molecule has 1 aromatic heterocycles. The van der Waals surface area contributed by atoms with Crippen molar-refractivity contribution in [2.45, 2.75) is 32.8 Å². The zero-order valence-electron chi connectivity index (χ0n) is 16.0. The first kappa shape index (κ1) is 19.0. The summed E-state index contributed by atoms with van der Waals surface area (Å²) in [6.45, 7) is 9.15. The predicted octanol–water partition coefficient (Wildman–Crippen LogP) is 2.34. The molecule has 1 fully saturated rings. The first-order valence-corrected chi connectivity index (χ1v) is 9.12.